The van der Waals surface area contributed by atoms with E-state index in [2.05, 4.69) is 4.98 Å². The maximum absolute atomic E-state index is 12.6. The van der Waals surface area contributed by atoms with Crippen molar-refractivity contribution in [3.05, 3.63) is 28.4 Å². The van der Waals surface area contributed by atoms with Crippen molar-refractivity contribution in [3.8, 4) is 0 Å². The molecule has 1 aromatic rings. The third kappa shape index (κ3) is 2.89. The van der Waals surface area contributed by atoms with Gasteiger partial charge in [-0.2, -0.15) is 13.2 Å². The second kappa shape index (κ2) is 4.71. The van der Waals surface area contributed by atoms with Crippen LogP contribution in [0.3, 0.4) is 0 Å². The number of hydrogen-bond donors (Lipinski definition) is 3. The smallest absolute Gasteiger partial charge is 0.422 e. The topological polar surface area (TPSA) is 112 Å². The molecule has 1 heterocycles. The van der Waals surface area contributed by atoms with Gasteiger partial charge in [0.05, 0.1) is 6.20 Å². The molecular formula is C9H8F3N3O4. The van der Waals surface area contributed by atoms with Crippen LogP contribution in [0.2, 0.25) is 0 Å². The van der Waals surface area contributed by atoms with Gasteiger partial charge in [0.2, 0.25) is 5.54 Å². The lowest BCUT2D eigenvalue weighted by molar-refractivity contribution is -0.203. The number of hydrogen-bond acceptors (Lipinski definition) is 4. The van der Waals surface area contributed by atoms with Gasteiger partial charge in [-0.3, -0.25) is 9.59 Å². The summed E-state index contributed by atoms with van der Waals surface area (Å²) < 4.78 is 37.9. The minimum absolute atomic E-state index is 0.304. The van der Waals surface area contributed by atoms with Gasteiger partial charge in [0.25, 0.3) is 11.5 Å². The summed E-state index contributed by atoms with van der Waals surface area (Å²) in [4.78, 5) is 38.1. The normalized spacial score (nSPS) is 14.5. The van der Waals surface area contributed by atoms with Crippen molar-refractivity contribution in [1.29, 1.82) is 0 Å². The molecule has 3 N–H and O–H groups in total. The number of rotatable bonds is 3. The quantitative estimate of drug-likeness (QED) is 0.715. The molecule has 7 nitrogen and oxygen atoms in total. The van der Waals surface area contributed by atoms with Crippen molar-refractivity contribution in [2.75, 3.05) is 0 Å². The van der Waals surface area contributed by atoms with Crippen LogP contribution in [0.25, 0.3) is 0 Å². The Labute approximate surface area is 103 Å². The van der Waals surface area contributed by atoms with Crippen LogP contribution < -0.4 is 10.9 Å². The van der Waals surface area contributed by atoms with E-state index in [0.29, 0.717) is 13.1 Å². The first kappa shape index (κ1) is 14.7. The number of alkyl halides is 3. The SMILES string of the molecule is CC(NC(=O)c1c[nH]c(=O)cn1)(C(=O)O)C(F)(F)F. The molecule has 0 aliphatic carbocycles. The van der Waals surface area contributed by atoms with Crippen molar-refractivity contribution in [2.45, 2.75) is 18.6 Å². The number of aromatic nitrogens is 2. The fraction of sp³-hybridized carbons (Fsp3) is 0.333. The van der Waals surface area contributed by atoms with Crippen molar-refractivity contribution >= 4 is 11.9 Å². The second-order valence-corrected chi connectivity index (χ2v) is 3.68. The van der Waals surface area contributed by atoms with E-state index < -0.39 is 34.8 Å². The van der Waals surface area contributed by atoms with Gasteiger partial charge in [-0.05, 0) is 6.92 Å². The van der Waals surface area contributed by atoms with Gasteiger partial charge in [-0.15, -0.1) is 0 Å². The van der Waals surface area contributed by atoms with Gasteiger partial charge < -0.3 is 15.4 Å². The van der Waals surface area contributed by atoms with Crippen LogP contribution >= 0.6 is 0 Å². The maximum Gasteiger partial charge on any atom is 0.422 e. The Balaban J connectivity index is 3.05. The zero-order valence-corrected chi connectivity index (χ0v) is 9.41. The van der Waals surface area contributed by atoms with Gasteiger partial charge >= 0.3 is 12.1 Å². The highest BCUT2D eigenvalue weighted by Gasteiger charge is 2.58. The molecule has 0 saturated heterocycles. The zero-order valence-electron chi connectivity index (χ0n) is 9.41. The summed E-state index contributed by atoms with van der Waals surface area (Å²) in [7, 11) is 0. The molecule has 19 heavy (non-hydrogen) atoms. The number of amides is 1. The third-order valence-corrected chi connectivity index (χ3v) is 2.26. The van der Waals surface area contributed by atoms with E-state index in [4.69, 9.17) is 5.11 Å². The van der Waals surface area contributed by atoms with Crippen molar-refractivity contribution in [1.82, 2.24) is 15.3 Å². The lowest BCUT2D eigenvalue weighted by atomic mass is 10.0. The molecule has 0 saturated carbocycles. The van der Waals surface area contributed by atoms with E-state index >= 15 is 0 Å². The molecule has 1 aromatic heterocycles. The van der Waals surface area contributed by atoms with Gasteiger partial charge in [-0.1, -0.05) is 0 Å². The first-order chi connectivity index (χ1) is 8.58. The Morgan fingerprint density at radius 3 is 2.37 bits per heavy atom. The number of nitrogens with zero attached hydrogens (tertiary/aromatic N) is 1. The fourth-order valence-corrected chi connectivity index (χ4v) is 1.00. The summed E-state index contributed by atoms with van der Waals surface area (Å²) in [5.74, 6) is -3.64. The molecule has 104 valence electrons. The lowest BCUT2D eigenvalue weighted by Gasteiger charge is -2.28. The van der Waals surface area contributed by atoms with Gasteiger partial charge in [0.1, 0.15) is 5.69 Å². The Morgan fingerprint density at radius 2 is 2.00 bits per heavy atom. The highest BCUT2D eigenvalue weighted by Crippen LogP contribution is 2.30. The van der Waals surface area contributed by atoms with Crippen LogP contribution in [-0.2, 0) is 4.79 Å². The van der Waals surface area contributed by atoms with Gasteiger partial charge in [0, 0.05) is 6.20 Å². The first-order valence-electron chi connectivity index (χ1n) is 4.75. The minimum atomic E-state index is -5.20. The Bertz CT molecular complexity index is 548. The summed E-state index contributed by atoms with van der Waals surface area (Å²) in [6.45, 7) is 0.304. The summed E-state index contributed by atoms with van der Waals surface area (Å²) >= 11 is 0. The van der Waals surface area contributed by atoms with E-state index in [1.54, 1.807) is 0 Å². The molecular weight excluding hydrogens is 271 g/mol. The van der Waals surface area contributed by atoms with E-state index in [-0.39, 0.29) is 0 Å². The van der Waals surface area contributed by atoms with E-state index in [9.17, 15) is 27.6 Å². The zero-order chi connectivity index (χ0) is 14.8. The third-order valence-electron chi connectivity index (χ3n) is 2.26. The molecule has 0 aromatic carbocycles. The van der Waals surface area contributed by atoms with Crippen LogP contribution in [0.5, 0.6) is 0 Å². The van der Waals surface area contributed by atoms with Crippen LogP contribution in [0.1, 0.15) is 17.4 Å². The highest BCUT2D eigenvalue weighted by atomic mass is 19.4. The largest absolute Gasteiger partial charge is 0.479 e. The lowest BCUT2D eigenvalue weighted by Crippen LogP contribution is -2.62. The fourth-order valence-electron chi connectivity index (χ4n) is 1.00. The molecule has 1 amide bonds. The van der Waals surface area contributed by atoms with E-state index in [1.807, 2.05) is 4.98 Å². The molecule has 0 radical (unpaired) electrons. The number of carbonyl (C=O) groups excluding carboxylic acids is 1. The number of nitrogens with one attached hydrogen (secondary N) is 2. The number of carbonyl (C=O) groups is 2. The van der Waals surface area contributed by atoms with Crippen LogP contribution in [0.15, 0.2) is 17.2 Å². The summed E-state index contributed by atoms with van der Waals surface area (Å²) in [5, 5.41) is 9.92. The molecule has 0 spiro atoms. The van der Waals surface area contributed by atoms with Gasteiger partial charge in [-0.25, -0.2) is 9.78 Å². The maximum atomic E-state index is 12.6. The molecule has 1 atom stereocenters. The van der Waals surface area contributed by atoms with E-state index in [0.717, 1.165) is 6.20 Å². The average Bonchev–Trinajstić information content (AvgIpc) is 2.27. The van der Waals surface area contributed by atoms with Crippen molar-refractivity contribution in [2.24, 2.45) is 0 Å². The summed E-state index contributed by atoms with van der Waals surface area (Å²) in [5.41, 5.74) is -4.66. The molecule has 0 aliphatic rings. The van der Waals surface area contributed by atoms with Gasteiger partial charge in [0.15, 0.2) is 0 Å². The van der Waals surface area contributed by atoms with Crippen LogP contribution in [0.4, 0.5) is 13.2 Å². The number of halogens is 3. The predicted octanol–water partition coefficient (Wildman–Crippen LogP) is -0.0947. The number of aliphatic carboxylic acids is 1. The van der Waals surface area contributed by atoms with Crippen LogP contribution in [-0.4, -0.2) is 38.7 Å². The van der Waals surface area contributed by atoms with Crippen molar-refractivity contribution in [3.63, 3.8) is 0 Å². The second-order valence-electron chi connectivity index (χ2n) is 3.68. The number of H-pyrrole nitrogens is 1. The Hall–Kier alpha value is -2.39. The minimum Gasteiger partial charge on any atom is -0.479 e. The number of carboxylic acids is 1. The Kier molecular flexibility index (Phi) is 3.63. The average molecular weight is 279 g/mol. The molecule has 0 aliphatic heterocycles. The summed E-state index contributed by atoms with van der Waals surface area (Å²) in [6, 6.07) is 0. The predicted molar refractivity (Wildman–Crippen MR) is 54.4 cm³/mol. The van der Waals surface area contributed by atoms with E-state index in [1.165, 1.54) is 5.32 Å². The highest BCUT2D eigenvalue weighted by molar-refractivity contribution is 5.96. The molecule has 0 bridgehead atoms. The molecule has 10 heteroatoms. The first-order valence-corrected chi connectivity index (χ1v) is 4.75. The summed E-state index contributed by atoms with van der Waals surface area (Å²) in [6.07, 6.45) is -3.74. The van der Waals surface area contributed by atoms with Crippen LogP contribution in [0, 0.1) is 0 Å². The number of aromatic amines is 1. The Morgan fingerprint density at radius 1 is 1.42 bits per heavy atom. The molecule has 0 fully saturated rings. The monoisotopic (exact) mass is 279 g/mol. The number of carboxylic acid groups (broad SMARTS) is 1. The molecule has 1 rings (SSSR count). The molecule has 1 unspecified atom stereocenters. The standard InChI is InChI=1S/C9H8F3N3O4/c1-8(7(18)19,9(10,11)12)15-6(17)4-2-14-5(16)3-13-4/h2-3H,1H3,(H,14,16)(H,15,17)(H,18,19). The van der Waals surface area contributed by atoms with Crippen molar-refractivity contribution < 1.29 is 27.9 Å².